The van der Waals surface area contributed by atoms with E-state index in [4.69, 9.17) is 19.2 Å². The molecule has 0 spiro atoms. The third-order valence-electron chi connectivity index (χ3n) is 12.9. The second-order valence-electron chi connectivity index (χ2n) is 20.4. The van der Waals surface area contributed by atoms with Gasteiger partial charge in [-0.3, -0.25) is 24.0 Å². The molecule has 1 heterocycles. The number of benzene rings is 1. The molecule has 392 valence electrons. The van der Waals surface area contributed by atoms with Crippen LogP contribution in [0.5, 0.6) is 0 Å². The van der Waals surface area contributed by atoms with Crippen molar-refractivity contribution in [2.75, 3.05) is 89.7 Å². The van der Waals surface area contributed by atoms with Gasteiger partial charge in [-0.05, 0) is 57.4 Å². The van der Waals surface area contributed by atoms with Gasteiger partial charge in [0.1, 0.15) is 17.7 Å². The van der Waals surface area contributed by atoms with Gasteiger partial charge >= 0.3 is 6.09 Å². The fraction of sp³-hybridized carbons (Fsp3) is 0.745. The van der Waals surface area contributed by atoms with Crippen molar-refractivity contribution in [3.8, 4) is 0 Å². The molecule has 69 heavy (non-hydrogen) atoms. The Kier molecular flexibility index (Phi) is 25.0. The molecule has 0 unspecified atom stereocenters. The Balaban J connectivity index is 2.25. The maximum absolute atomic E-state index is 14.5. The molecule has 18 heteroatoms. The number of alkyl carbamates (subject to hydrolysis) is 1. The van der Waals surface area contributed by atoms with Crippen LogP contribution in [-0.2, 0) is 44.6 Å². The van der Waals surface area contributed by atoms with Gasteiger partial charge in [0.05, 0.1) is 36.6 Å². The van der Waals surface area contributed by atoms with Crippen LogP contribution >= 0.6 is 0 Å². The third-order valence-corrected chi connectivity index (χ3v) is 12.9. The number of carbonyl (C=O) groups excluding carboxylic acids is 6. The fourth-order valence-electron chi connectivity index (χ4n) is 8.85. The van der Waals surface area contributed by atoms with E-state index >= 15 is 0 Å². The highest BCUT2D eigenvalue weighted by Gasteiger charge is 2.43. The summed E-state index contributed by atoms with van der Waals surface area (Å²) in [6.45, 7) is 16.4. The SMILES string of the molecule is CC[C@H](C)[C@@H]([C@@H](CC(=O)N1CCC[C@H]1[C@H](OC)[C@@H](C)C(=O)N[C@@H](Cc1ccccc1)C(=O)N(C)CCN(C)C(=O)CCCNC(=O)OC(C)(C)C)OC)N(C)C(=O)[C@@H](N=C(N(C)C)N(C)C)C(C)C. The Bertz CT molecular complexity index is 1810. The molecule has 2 rings (SSSR count). The molecule has 0 aromatic heterocycles. The van der Waals surface area contributed by atoms with Gasteiger partial charge in [-0.2, -0.15) is 0 Å². The molecular weight excluding hydrogens is 883 g/mol. The lowest BCUT2D eigenvalue weighted by atomic mass is 9.89. The topological polar surface area (TPSA) is 186 Å². The number of likely N-dealkylation sites (tertiary alicyclic amines) is 1. The zero-order chi connectivity index (χ0) is 52.3. The van der Waals surface area contributed by atoms with Gasteiger partial charge < -0.3 is 54.2 Å². The van der Waals surface area contributed by atoms with Crippen LogP contribution in [0.25, 0.3) is 0 Å². The number of nitrogens with zero attached hydrogens (tertiary/aromatic N) is 7. The minimum absolute atomic E-state index is 0.0129. The Labute approximate surface area is 414 Å². The number of amides is 6. The predicted molar refractivity (Wildman–Crippen MR) is 270 cm³/mol. The van der Waals surface area contributed by atoms with Crippen molar-refractivity contribution in [1.29, 1.82) is 0 Å². The van der Waals surface area contributed by atoms with E-state index in [2.05, 4.69) is 24.5 Å². The molecule has 2 N–H and O–H groups in total. The Morgan fingerprint density at radius 3 is 2.00 bits per heavy atom. The van der Waals surface area contributed by atoms with Crippen LogP contribution in [0.15, 0.2) is 35.3 Å². The number of nitrogens with one attached hydrogen (secondary N) is 2. The van der Waals surface area contributed by atoms with Gasteiger partial charge in [-0.1, -0.05) is 71.4 Å². The number of likely N-dealkylation sites (N-methyl/N-ethyl adjacent to an activating group) is 3. The third kappa shape index (κ3) is 18.7. The summed E-state index contributed by atoms with van der Waals surface area (Å²) in [6, 6.07) is 6.98. The second-order valence-corrected chi connectivity index (χ2v) is 20.4. The van der Waals surface area contributed by atoms with Crippen molar-refractivity contribution in [1.82, 2.24) is 40.0 Å². The Hall–Kier alpha value is -4.97. The van der Waals surface area contributed by atoms with Gasteiger partial charge in [-0.25, -0.2) is 9.79 Å². The summed E-state index contributed by atoms with van der Waals surface area (Å²) in [4.78, 5) is 97.4. The molecule has 1 aliphatic heterocycles. The number of ether oxygens (including phenoxy) is 3. The smallest absolute Gasteiger partial charge is 0.407 e. The number of hydrogen-bond acceptors (Lipinski definition) is 10. The highest BCUT2D eigenvalue weighted by molar-refractivity contribution is 5.89. The zero-order valence-electron chi connectivity index (χ0n) is 45.2. The maximum atomic E-state index is 14.5. The molecule has 1 aromatic rings. The normalized spacial score (nSPS) is 16.8. The standard InChI is InChI=1S/C51H89N9O9/c1-18-35(4)44(59(15)48(65)43(34(2)3)54-49(55(9)10)56(11)12)40(67-16)33-42(62)60-29-23-26-39(60)45(68-17)36(5)46(63)53-38(32-37-24-20-19-21-25-37)47(64)58(14)31-30-57(13)41(61)27-22-28-52-50(66)69-51(6,7)8/h19-21,24-25,34-36,38-40,43-45H,18,22-23,26-33H2,1-17H3,(H,52,66)(H,53,63)/t35-,36+,38-,39-,40+,43-,44-,45+/m0/s1. The van der Waals surface area contributed by atoms with Gasteiger partial charge in [0, 0.05) is 103 Å². The minimum atomic E-state index is -0.927. The van der Waals surface area contributed by atoms with Crippen LogP contribution in [0.1, 0.15) is 99.5 Å². The summed E-state index contributed by atoms with van der Waals surface area (Å²) in [5.41, 5.74) is 0.237. The highest BCUT2D eigenvalue weighted by atomic mass is 16.6. The number of guanidine groups is 1. The van der Waals surface area contributed by atoms with E-state index in [9.17, 15) is 28.8 Å². The van der Waals surface area contributed by atoms with Gasteiger partial charge in [0.25, 0.3) is 0 Å². The van der Waals surface area contributed by atoms with E-state index in [1.165, 1.54) is 12.0 Å². The molecule has 18 nitrogen and oxygen atoms in total. The van der Waals surface area contributed by atoms with Crippen LogP contribution in [-0.4, -0.2) is 203 Å². The first-order chi connectivity index (χ1) is 32.3. The predicted octanol–water partition coefficient (Wildman–Crippen LogP) is 4.36. The molecular formula is C51H89N9O9. The Morgan fingerprint density at radius 1 is 0.855 bits per heavy atom. The second kappa shape index (κ2) is 28.6. The lowest BCUT2D eigenvalue weighted by Crippen LogP contribution is -2.56. The number of methoxy groups -OCH3 is 2. The lowest BCUT2D eigenvalue weighted by molar-refractivity contribution is -0.147. The number of aliphatic imine (C=N–C) groups is 1. The monoisotopic (exact) mass is 972 g/mol. The van der Waals surface area contributed by atoms with Crippen molar-refractivity contribution in [2.45, 2.75) is 142 Å². The molecule has 1 aliphatic rings. The van der Waals surface area contributed by atoms with Gasteiger partial charge in [0.15, 0.2) is 5.96 Å². The largest absolute Gasteiger partial charge is 0.444 e. The summed E-state index contributed by atoms with van der Waals surface area (Å²) in [6.07, 6.45) is 1.08. The van der Waals surface area contributed by atoms with E-state index in [1.807, 2.05) is 82.2 Å². The first-order valence-corrected chi connectivity index (χ1v) is 24.6. The highest BCUT2D eigenvalue weighted by Crippen LogP contribution is 2.30. The molecule has 8 atom stereocenters. The molecule has 0 bridgehead atoms. The molecule has 6 amide bonds. The first kappa shape index (κ1) is 60.2. The van der Waals surface area contributed by atoms with Crippen molar-refractivity contribution in [3.05, 3.63) is 35.9 Å². The molecule has 0 aliphatic carbocycles. The lowest BCUT2D eigenvalue weighted by Gasteiger charge is -2.40. The van der Waals surface area contributed by atoms with E-state index in [-0.39, 0.29) is 74.4 Å². The minimum Gasteiger partial charge on any atom is -0.444 e. The maximum Gasteiger partial charge on any atom is 0.407 e. The number of rotatable bonds is 25. The van der Waals surface area contributed by atoms with Crippen LogP contribution in [0.2, 0.25) is 0 Å². The van der Waals surface area contributed by atoms with Crippen LogP contribution < -0.4 is 10.6 Å². The van der Waals surface area contributed by atoms with E-state index in [0.717, 1.165) is 12.0 Å². The zero-order valence-corrected chi connectivity index (χ0v) is 45.2. The summed E-state index contributed by atoms with van der Waals surface area (Å²) < 4.78 is 17.4. The van der Waals surface area contributed by atoms with Gasteiger partial charge in [0.2, 0.25) is 29.5 Å². The molecule has 1 aromatic carbocycles. The summed E-state index contributed by atoms with van der Waals surface area (Å²) in [7, 11) is 15.8. The molecule has 1 saturated heterocycles. The molecule has 0 saturated carbocycles. The van der Waals surface area contributed by atoms with Crippen LogP contribution in [0, 0.1) is 17.8 Å². The van der Waals surface area contributed by atoms with E-state index in [1.54, 1.807) is 70.6 Å². The summed E-state index contributed by atoms with van der Waals surface area (Å²) in [5.74, 6) is -1.35. The summed E-state index contributed by atoms with van der Waals surface area (Å²) >= 11 is 0. The average molecular weight is 972 g/mol. The van der Waals surface area contributed by atoms with E-state index < -0.39 is 59.9 Å². The van der Waals surface area contributed by atoms with Crippen LogP contribution in [0.4, 0.5) is 4.79 Å². The van der Waals surface area contributed by atoms with Crippen molar-refractivity contribution < 1.29 is 43.0 Å². The quantitative estimate of drug-likeness (QED) is 0.0807. The number of hydrogen-bond donors (Lipinski definition) is 2. The molecule has 1 fully saturated rings. The average Bonchev–Trinajstić information content (AvgIpc) is 3.77. The Morgan fingerprint density at radius 2 is 1.46 bits per heavy atom. The molecule has 0 radical (unpaired) electrons. The summed E-state index contributed by atoms with van der Waals surface area (Å²) in [5, 5.41) is 5.68. The van der Waals surface area contributed by atoms with Gasteiger partial charge in [-0.15, -0.1) is 0 Å². The van der Waals surface area contributed by atoms with E-state index in [0.29, 0.717) is 31.8 Å². The van der Waals surface area contributed by atoms with Crippen molar-refractivity contribution >= 4 is 41.6 Å². The number of carbonyl (C=O) groups is 6. The van der Waals surface area contributed by atoms with Crippen LogP contribution in [0.3, 0.4) is 0 Å². The fourth-order valence-corrected chi connectivity index (χ4v) is 8.85. The van der Waals surface area contributed by atoms with Crippen molar-refractivity contribution in [2.24, 2.45) is 22.7 Å². The van der Waals surface area contributed by atoms with Crippen molar-refractivity contribution in [3.63, 3.8) is 0 Å². The first-order valence-electron chi connectivity index (χ1n) is 24.6.